The van der Waals surface area contributed by atoms with Crippen molar-refractivity contribution in [3.8, 4) is 0 Å². The van der Waals surface area contributed by atoms with Crippen molar-refractivity contribution < 1.29 is 17.2 Å². The molecule has 0 saturated carbocycles. The van der Waals surface area contributed by atoms with E-state index in [1.54, 1.807) is 31.5 Å². The molecule has 0 bridgehead atoms. The molecular weight excluding hydrogens is 326 g/mol. The van der Waals surface area contributed by atoms with Gasteiger partial charge in [-0.15, -0.1) is 4.40 Å². The van der Waals surface area contributed by atoms with E-state index >= 15 is 0 Å². The second-order valence-corrected chi connectivity index (χ2v) is 6.52. The van der Waals surface area contributed by atoms with Crippen LogP contribution in [0.4, 0.5) is 14.5 Å². The molecule has 9 heteroatoms. The molecular formula is C14H12F2N4O2S. The predicted octanol–water partition coefficient (Wildman–Crippen LogP) is 2.18. The van der Waals surface area contributed by atoms with Crippen molar-refractivity contribution in [1.29, 1.82) is 0 Å². The molecule has 1 aliphatic heterocycles. The third-order valence-corrected chi connectivity index (χ3v) is 4.64. The number of sulfonamides is 1. The quantitative estimate of drug-likeness (QED) is 0.877. The minimum atomic E-state index is -4.11. The van der Waals surface area contributed by atoms with Gasteiger partial charge in [-0.05, 0) is 30.7 Å². The van der Waals surface area contributed by atoms with Gasteiger partial charge in [0.25, 0.3) is 10.0 Å². The lowest BCUT2D eigenvalue weighted by atomic mass is 10.1. The zero-order valence-electron chi connectivity index (χ0n) is 11.9. The Morgan fingerprint density at radius 3 is 2.52 bits per heavy atom. The maximum Gasteiger partial charge on any atom is 0.287 e. The number of hydrogen-bond donors (Lipinski definition) is 2. The van der Waals surface area contributed by atoms with Crippen LogP contribution >= 0.6 is 0 Å². The van der Waals surface area contributed by atoms with Crippen molar-refractivity contribution in [3.63, 3.8) is 0 Å². The highest BCUT2D eigenvalue weighted by atomic mass is 32.2. The van der Waals surface area contributed by atoms with Crippen molar-refractivity contribution in [3.05, 3.63) is 53.9 Å². The Hall–Kier alpha value is -2.55. The number of benzene rings is 1. The maximum absolute atomic E-state index is 13.3. The van der Waals surface area contributed by atoms with Crippen LogP contribution in [0.1, 0.15) is 18.5 Å². The monoisotopic (exact) mass is 338 g/mol. The van der Waals surface area contributed by atoms with E-state index in [0.717, 1.165) is 11.6 Å². The lowest BCUT2D eigenvalue weighted by Gasteiger charge is -2.22. The molecule has 2 heterocycles. The van der Waals surface area contributed by atoms with Gasteiger partial charge in [0.2, 0.25) is 5.96 Å². The first kappa shape index (κ1) is 15.3. The van der Waals surface area contributed by atoms with E-state index in [2.05, 4.69) is 20.0 Å². The molecule has 2 aromatic rings. The van der Waals surface area contributed by atoms with Crippen LogP contribution in [0.3, 0.4) is 0 Å². The summed E-state index contributed by atoms with van der Waals surface area (Å²) in [4.78, 5) is 3.49. The molecule has 0 spiro atoms. The standard InChI is InChI=1S/C14H12F2N4O2S/c1-8(9-2-4-17-5-3-9)18-14-19-12-6-10(15)11(16)7-13(12)23(21,22)20-14/h2-8H,1H3,(H2,18,19,20). The van der Waals surface area contributed by atoms with Gasteiger partial charge in [-0.1, -0.05) is 0 Å². The first-order valence-corrected chi connectivity index (χ1v) is 8.08. The van der Waals surface area contributed by atoms with E-state index in [0.29, 0.717) is 6.07 Å². The van der Waals surface area contributed by atoms with Crippen LogP contribution in [0, 0.1) is 11.6 Å². The van der Waals surface area contributed by atoms with Crippen LogP contribution in [-0.4, -0.2) is 19.4 Å². The Labute approximate surface area is 131 Å². The number of rotatable bonds is 2. The SMILES string of the molecule is CC(NC1=NS(=O)(=O)c2cc(F)c(F)cc2N1)c1ccncc1. The van der Waals surface area contributed by atoms with E-state index in [1.807, 2.05) is 0 Å². The van der Waals surface area contributed by atoms with Crippen LogP contribution in [0.5, 0.6) is 0 Å². The van der Waals surface area contributed by atoms with E-state index in [-0.39, 0.29) is 17.7 Å². The second-order valence-electron chi connectivity index (χ2n) is 4.95. The molecule has 0 amide bonds. The number of aromatic nitrogens is 1. The predicted molar refractivity (Wildman–Crippen MR) is 80.4 cm³/mol. The topological polar surface area (TPSA) is 83.5 Å². The number of hydrogen-bond acceptors (Lipinski definition) is 5. The summed E-state index contributed by atoms with van der Waals surface area (Å²) in [6.45, 7) is 1.80. The molecule has 23 heavy (non-hydrogen) atoms. The lowest BCUT2D eigenvalue weighted by molar-refractivity contribution is 0.505. The van der Waals surface area contributed by atoms with E-state index in [1.165, 1.54) is 0 Å². The summed E-state index contributed by atoms with van der Waals surface area (Å²) in [6, 6.07) is 4.65. The van der Waals surface area contributed by atoms with Gasteiger partial charge in [0, 0.05) is 18.5 Å². The third kappa shape index (κ3) is 3.00. The van der Waals surface area contributed by atoms with Gasteiger partial charge in [-0.25, -0.2) is 8.78 Å². The fourth-order valence-corrected chi connectivity index (χ4v) is 3.24. The van der Waals surface area contributed by atoms with Gasteiger partial charge < -0.3 is 10.6 Å². The fourth-order valence-electron chi connectivity index (χ4n) is 2.16. The summed E-state index contributed by atoms with van der Waals surface area (Å²) < 4.78 is 54.3. The van der Waals surface area contributed by atoms with E-state index in [4.69, 9.17) is 0 Å². The Kier molecular flexibility index (Phi) is 3.72. The minimum absolute atomic E-state index is 0.0622. The number of guanidine groups is 1. The van der Waals surface area contributed by atoms with Crippen molar-refractivity contribution in [1.82, 2.24) is 10.3 Å². The van der Waals surface area contributed by atoms with Gasteiger partial charge >= 0.3 is 0 Å². The van der Waals surface area contributed by atoms with Gasteiger partial charge in [-0.3, -0.25) is 4.98 Å². The zero-order valence-corrected chi connectivity index (χ0v) is 12.7. The Bertz CT molecular complexity index is 885. The van der Waals surface area contributed by atoms with E-state index < -0.39 is 26.6 Å². The highest BCUT2D eigenvalue weighted by Crippen LogP contribution is 2.29. The molecule has 1 aliphatic rings. The Morgan fingerprint density at radius 2 is 1.83 bits per heavy atom. The van der Waals surface area contributed by atoms with Gasteiger partial charge in [0.15, 0.2) is 11.6 Å². The number of pyridine rings is 1. The number of anilines is 1. The maximum atomic E-state index is 13.3. The molecule has 0 fully saturated rings. The summed E-state index contributed by atoms with van der Waals surface area (Å²) in [7, 11) is -4.11. The van der Waals surface area contributed by atoms with Crippen LogP contribution in [0.15, 0.2) is 46.0 Å². The number of halogens is 2. The smallest absolute Gasteiger partial charge is 0.287 e. The molecule has 3 rings (SSSR count). The molecule has 6 nitrogen and oxygen atoms in total. The third-order valence-electron chi connectivity index (χ3n) is 3.32. The van der Waals surface area contributed by atoms with Crippen molar-refractivity contribution in [2.45, 2.75) is 17.9 Å². The van der Waals surface area contributed by atoms with Crippen LogP contribution < -0.4 is 10.6 Å². The highest BCUT2D eigenvalue weighted by Gasteiger charge is 2.27. The van der Waals surface area contributed by atoms with Crippen LogP contribution in [0.2, 0.25) is 0 Å². The molecule has 0 saturated heterocycles. The molecule has 0 aliphatic carbocycles. The molecule has 0 radical (unpaired) electrons. The largest absolute Gasteiger partial charge is 0.349 e. The average molecular weight is 338 g/mol. The first-order valence-electron chi connectivity index (χ1n) is 6.64. The molecule has 1 aromatic heterocycles. The zero-order chi connectivity index (χ0) is 16.6. The number of fused-ring (bicyclic) bond motifs is 1. The molecule has 1 atom stereocenters. The fraction of sp³-hybridized carbons (Fsp3) is 0.143. The van der Waals surface area contributed by atoms with E-state index in [9.17, 15) is 17.2 Å². The number of nitrogens with one attached hydrogen (secondary N) is 2. The van der Waals surface area contributed by atoms with Gasteiger partial charge in [0.05, 0.1) is 11.7 Å². The Morgan fingerprint density at radius 1 is 1.17 bits per heavy atom. The van der Waals surface area contributed by atoms with Crippen molar-refractivity contribution in [2.24, 2.45) is 4.40 Å². The summed E-state index contributed by atoms with van der Waals surface area (Å²) in [5.74, 6) is -2.45. The second kappa shape index (κ2) is 5.58. The van der Waals surface area contributed by atoms with Gasteiger partial charge in [0.1, 0.15) is 4.90 Å². The van der Waals surface area contributed by atoms with Crippen molar-refractivity contribution >= 4 is 21.7 Å². The minimum Gasteiger partial charge on any atom is -0.349 e. The summed E-state index contributed by atoms with van der Waals surface area (Å²) >= 11 is 0. The van der Waals surface area contributed by atoms with Crippen molar-refractivity contribution in [2.75, 3.05) is 5.32 Å². The van der Waals surface area contributed by atoms with Gasteiger partial charge in [-0.2, -0.15) is 8.42 Å². The summed E-state index contributed by atoms with van der Waals surface area (Å²) in [5.41, 5.74) is 0.793. The first-order chi connectivity index (χ1) is 10.9. The summed E-state index contributed by atoms with van der Waals surface area (Å²) in [5, 5.41) is 5.54. The average Bonchev–Trinajstić information content (AvgIpc) is 2.50. The highest BCUT2D eigenvalue weighted by molar-refractivity contribution is 7.90. The molecule has 120 valence electrons. The summed E-state index contributed by atoms with van der Waals surface area (Å²) in [6.07, 6.45) is 3.21. The molecule has 2 N–H and O–H groups in total. The van der Waals surface area contributed by atoms with Crippen LogP contribution in [0.25, 0.3) is 0 Å². The Balaban J connectivity index is 1.92. The number of nitrogens with zero attached hydrogens (tertiary/aromatic N) is 2. The molecule has 1 aromatic carbocycles. The molecule has 1 unspecified atom stereocenters. The normalized spacial score (nSPS) is 16.7. The van der Waals surface area contributed by atoms with Crippen LogP contribution in [-0.2, 0) is 10.0 Å². The lowest BCUT2D eigenvalue weighted by Crippen LogP contribution is -2.36.